The number of carbonyl (C=O) groups excluding carboxylic acids is 3. The number of rotatable bonds is 12. The SMILES string of the molecule is COc1cccc(/C=C/C(=O)OCC(=O)COC(=O)/C=C/c2cccc(OC)c2OC)c1OC. The Balaban J connectivity index is 1.83. The van der Waals surface area contributed by atoms with E-state index in [1.165, 1.54) is 40.6 Å². The Hall–Kier alpha value is -4.27. The summed E-state index contributed by atoms with van der Waals surface area (Å²) in [4.78, 5) is 35.7. The first-order valence-electron chi connectivity index (χ1n) is 10.1. The molecular formula is C25H26O9. The van der Waals surface area contributed by atoms with Crippen LogP contribution in [0.3, 0.4) is 0 Å². The van der Waals surface area contributed by atoms with Crippen molar-refractivity contribution in [1.29, 1.82) is 0 Å². The molecule has 0 atom stereocenters. The number of ether oxygens (including phenoxy) is 6. The zero-order valence-corrected chi connectivity index (χ0v) is 19.4. The van der Waals surface area contributed by atoms with Gasteiger partial charge in [-0.3, -0.25) is 4.79 Å². The van der Waals surface area contributed by atoms with E-state index in [4.69, 9.17) is 28.4 Å². The Bertz CT molecular complexity index is 987. The van der Waals surface area contributed by atoms with E-state index in [9.17, 15) is 14.4 Å². The normalized spacial score (nSPS) is 10.7. The summed E-state index contributed by atoms with van der Waals surface area (Å²) in [7, 11) is 5.97. The molecule has 0 radical (unpaired) electrons. The maximum absolute atomic E-state index is 11.9. The quantitative estimate of drug-likeness (QED) is 0.342. The molecule has 0 fully saturated rings. The van der Waals surface area contributed by atoms with E-state index in [2.05, 4.69) is 0 Å². The molecule has 180 valence electrons. The lowest BCUT2D eigenvalue weighted by Crippen LogP contribution is -2.19. The van der Waals surface area contributed by atoms with Crippen LogP contribution in [0.1, 0.15) is 11.1 Å². The molecule has 0 aliphatic heterocycles. The van der Waals surface area contributed by atoms with Crippen molar-refractivity contribution in [2.24, 2.45) is 0 Å². The van der Waals surface area contributed by atoms with Gasteiger partial charge in [0.15, 0.2) is 36.2 Å². The second kappa shape index (κ2) is 13.3. The number of para-hydroxylation sites is 2. The van der Waals surface area contributed by atoms with Crippen LogP contribution in [0.4, 0.5) is 0 Å². The van der Waals surface area contributed by atoms with E-state index in [0.29, 0.717) is 34.1 Å². The maximum atomic E-state index is 11.9. The summed E-state index contributed by atoms with van der Waals surface area (Å²) < 4.78 is 30.7. The summed E-state index contributed by atoms with van der Waals surface area (Å²) in [5.74, 6) is -0.137. The molecule has 9 nitrogen and oxygen atoms in total. The highest BCUT2D eigenvalue weighted by Gasteiger charge is 2.11. The molecular weight excluding hydrogens is 444 g/mol. The van der Waals surface area contributed by atoms with Crippen LogP contribution < -0.4 is 18.9 Å². The van der Waals surface area contributed by atoms with E-state index in [1.807, 2.05) is 0 Å². The number of Topliss-reactive ketones (excluding diaryl/α,β-unsaturated/α-hetero) is 1. The molecule has 0 unspecified atom stereocenters. The zero-order chi connectivity index (χ0) is 24.9. The molecule has 34 heavy (non-hydrogen) atoms. The van der Waals surface area contributed by atoms with Gasteiger partial charge in [0.25, 0.3) is 0 Å². The van der Waals surface area contributed by atoms with Gasteiger partial charge in [0.05, 0.1) is 28.4 Å². The third-order valence-electron chi connectivity index (χ3n) is 4.42. The summed E-state index contributed by atoms with van der Waals surface area (Å²) >= 11 is 0. The molecule has 0 heterocycles. The van der Waals surface area contributed by atoms with Gasteiger partial charge in [0.2, 0.25) is 5.78 Å². The summed E-state index contributed by atoms with van der Waals surface area (Å²) in [6.07, 6.45) is 5.26. The minimum absolute atomic E-state index is 0.455. The fourth-order valence-electron chi connectivity index (χ4n) is 2.84. The minimum Gasteiger partial charge on any atom is -0.493 e. The van der Waals surface area contributed by atoms with Crippen LogP contribution in [0.5, 0.6) is 23.0 Å². The lowest BCUT2D eigenvalue weighted by molar-refractivity contribution is -0.148. The molecule has 0 saturated heterocycles. The van der Waals surface area contributed by atoms with Gasteiger partial charge in [0.1, 0.15) is 0 Å². The smallest absolute Gasteiger partial charge is 0.331 e. The first-order chi connectivity index (χ1) is 16.4. The molecule has 0 aromatic heterocycles. The molecule has 0 amide bonds. The van der Waals surface area contributed by atoms with Gasteiger partial charge in [0, 0.05) is 23.3 Å². The van der Waals surface area contributed by atoms with Gasteiger partial charge in [-0.2, -0.15) is 0 Å². The lowest BCUT2D eigenvalue weighted by Gasteiger charge is -2.09. The summed E-state index contributed by atoms with van der Waals surface area (Å²) in [6.45, 7) is -1.09. The van der Waals surface area contributed by atoms with Crippen LogP contribution in [0.25, 0.3) is 12.2 Å². The molecule has 2 aromatic rings. The van der Waals surface area contributed by atoms with Crippen molar-refractivity contribution < 1.29 is 42.8 Å². The molecule has 0 aliphatic rings. The third-order valence-corrected chi connectivity index (χ3v) is 4.42. The molecule has 0 N–H and O–H groups in total. The number of ketones is 1. The van der Waals surface area contributed by atoms with E-state index in [-0.39, 0.29) is 0 Å². The van der Waals surface area contributed by atoms with Gasteiger partial charge in [-0.15, -0.1) is 0 Å². The van der Waals surface area contributed by atoms with Crippen LogP contribution in [0, 0.1) is 0 Å². The zero-order valence-electron chi connectivity index (χ0n) is 19.4. The van der Waals surface area contributed by atoms with Gasteiger partial charge in [-0.1, -0.05) is 24.3 Å². The monoisotopic (exact) mass is 470 g/mol. The van der Waals surface area contributed by atoms with Gasteiger partial charge in [-0.05, 0) is 24.3 Å². The van der Waals surface area contributed by atoms with Crippen molar-refractivity contribution in [2.75, 3.05) is 41.7 Å². The van der Waals surface area contributed by atoms with Crippen LogP contribution >= 0.6 is 0 Å². The summed E-state index contributed by atoms with van der Waals surface area (Å²) in [6, 6.07) is 10.4. The fraction of sp³-hybridized carbons (Fsp3) is 0.240. The molecule has 9 heteroatoms. The van der Waals surface area contributed by atoms with Gasteiger partial charge >= 0.3 is 11.9 Å². The van der Waals surface area contributed by atoms with Crippen LogP contribution in [-0.4, -0.2) is 59.4 Å². The van der Waals surface area contributed by atoms with Crippen LogP contribution in [-0.2, 0) is 23.9 Å². The highest BCUT2D eigenvalue weighted by atomic mass is 16.6. The Labute approximate surface area is 197 Å². The van der Waals surface area contributed by atoms with Crippen molar-refractivity contribution in [3.63, 3.8) is 0 Å². The predicted molar refractivity (Wildman–Crippen MR) is 124 cm³/mol. The Morgan fingerprint density at radius 2 is 1.06 bits per heavy atom. The average Bonchev–Trinajstić information content (AvgIpc) is 2.87. The van der Waals surface area contributed by atoms with Crippen molar-refractivity contribution in [3.8, 4) is 23.0 Å². The highest BCUT2D eigenvalue weighted by Crippen LogP contribution is 2.32. The largest absolute Gasteiger partial charge is 0.493 e. The molecule has 0 aliphatic carbocycles. The topological polar surface area (TPSA) is 107 Å². The standard InChI is InChI=1S/C25H26O9/c1-29-20-9-5-7-17(24(20)31-3)11-13-22(27)33-15-19(26)16-34-23(28)14-12-18-8-6-10-21(30-2)25(18)32-4/h5-14H,15-16H2,1-4H3/b13-11+,14-12+. The summed E-state index contributed by atoms with van der Waals surface area (Å²) in [5.41, 5.74) is 1.19. The fourth-order valence-corrected chi connectivity index (χ4v) is 2.84. The second-order valence-electron chi connectivity index (χ2n) is 6.59. The second-order valence-corrected chi connectivity index (χ2v) is 6.59. The number of hydrogen-bond acceptors (Lipinski definition) is 9. The van der Waals surface area contributed by atoms with E-state index in [0.717, 1.165) is 12.2 Å². The number of esters is 2. The van der Waals surface area contributed by atoms with Gasteiger partial charge < -0.3 is 28.4 Å². The van der Waals surface area contributed by atoms with Crippen LogP contribution in [0.2, 0.25) is 0 Å². The Kier molecular flexibility index (Phi) is 10.2. The number of methoxy groups -OCH3 is 4. The first-order valence-corrected chi connectivity index (χ1v) is 10.1. The first kappa shape index (κ1) is 26.0. The molecule has 2 aromatic carbocycles. The van der Waals surface area contributed by atoms with Crippen LogP contribution in [0.15, 0.2) is 48.6 Å². The van der Waals surface area contributed by atoms with Gasteiger partial charge in [-0.25, -0.2) is 9.59 Å². The molecule has 2 rings (SSSR count). The Morgan fingerprint density at radius 3 is 1.41 bits per heavy atom. The summed E-state index contributed by atoms with van der Waals surface area (Å²) in [5, 5.41) is 0. The third kappa shape index (κ3) is 7.40. The maximum Gasteiger partial charge on any atom is 0.331 e. The lowest BCUT2D eigenvalue weighted by atomic mass is 10.1. The predicted octanol–water partition coefficient (Wildman–Crippen LogP) is 3.10. The number of hydrogen-bond donors (Lipinski definition) is 0. The Morgan fingerprint density at radius 1 is 0.647 bits per heavy atom. The number of carbonyl (C=O) groups is 3. The average molecular weight is 470 g/mol. The number of benzene rings is 2. The molecule has 0 saturated carbocycles. The van der Waals surface area contributed by atoms with Crippen molar-refractivity contribution >= 4 is 29.9 Å². The van der Waals surface area contributed by atoms with E-state index < -0.39 is 30.9 Å². The highest BCUT2D eigenvalue weighted by molar-refractivity contribution is 5.92. The molecule has 0 spiro atoms. The van der Waals surface area contributed by atoms with E-state index >= 15 is 0 Å². The van der Waals surface area contributed by atoms with Crippen molar-refractivity contribution in [2.45, 2.75) is 0 Å². The van der Waals surface area contributed by atoms with E-state index in [1.54, 1.807) is 36.4 Å². The van der Waals surface area contributed by atoms with Crippen molar-refractivity contribution in [3.05, 3.63) is 59.7 Å². The van der Waals surface area contributed by atoms with Crippen molar-refractivity contribution in [1.82, 2.24) is 0 Å². The minimum atomic E-state index is -0.741. The molecule has 0 bridgehead atoms.